The number of hydrogen-bond donors (Lipinski definition) is 1. The van der Waals surface area contributed by atoms with Gasteiger partial charge in [-0.3, -0.25) is 9.59 Å². The minimum Gasteiger partial charge on any atom is -0.495 e. The lowest BCUT2D eigenvalue weighted by molar-refractivity contribution is -0.122. The molecule has 0 bridgehead atoms. The maximum Gasteiger partial charge on any atom is 0.254 e. The summed E-state index contributed by atoms with van der Waals surface area (Å²) in [7, 11) is 1.50. The zero-order valence-corrected chi connectivity index (χ0v) is 12.2. The van der Waals surface area contributed by atoms with Crippen LogP contribution in [0.2, 0.25) is 5.02 Å². The van der Waals surface area contributed by atoms with Gasteiger partial charge in [-0.05, 0) is 24.1 Å². The first kappa shape index (κ1) is 14.7. The number of carbonyl (C=O) groups is 2. The molecule has 2 rings (SSSR count). The molecule has 1 aromatic rings. The Hall–Kier alpha value is -1.75. The lowest BCUT2D eigenvalue weighted by Gasteiger charge is -2.16. The van der Waals surface area contributed by atoms with Crippen molar-refractivity contribution >= 4 is 23.4 Å². The van der Waals surface area contributed by atoms with Crippen molar-refractivity contribution in [1.82, 2.24) is 4.90 Å². The lowest BCUT2D eigenvalue weighted by Crippen LogP contribution is -2.32. The summed E-state index contributed by atoms with van der Waals surface area (Å²) in [6.07, 6.45) is 0. The second-order valence-electron chi connectivity index (χ2n) is 5.05. The maximum absolute atomic E-state index is 12.4. The van der Waals surface area contributed by atoms with E-state index in [1.54, 1.807) is 23.1 Å². The van der Waals surface area contributed by atoms with Gasteiger partial charge in [-0.15, -0.1) is 0 Å². The van der Waals surface area contributed by atoms with Crippen LogP contribution in [0.1, 0.15) is 17.3 Å². The molecule has 0 aromatic heterocycles. The Morgan fingerprint density at radius 1 is 1.40 bits per heavy atom. The standard InChI is InChI=1S/C14H17ClN2O3/c1-8-6-17(7-10(8)13(16)18)14(19)9-3-4-11(15)12(5-9)20-2/h3-5,8,10H,6-7H2,1-2H3,(H2,16,18)/t8-,10-/m1/s1. The summed E-state index contributed by atoms with van der Waals surface area (Å²) < 4.78 is 5.10. The number of nitrogens with zero attached hydrogens (tertiary/aromatic N) is 1. The molecular weight excluding hydrogens is 280 g/mol. The fourth-order valence-corrected chi connectivity index (χ4v) is 2.67. The van der Waals surface area contributed by atoms with Gasteiger partial charge in [0.05, 0.1) is 18.1 Å². The molecule has 0 saturated carbocycles. The van der Waals surface area contributed by atoms with Crippen molar-refractivity contribution < 1.29 is 14.3 Å². The summed E-state index contributed by atoms with van der Waals surface area (Å²) in [5.41, 5.74) is 5.83. The minimum atomic E-state index is -0.360. The summed E-state index contributed by atoms with van der Waals surface area (Å²) in [6.45, 7) is 2.81. The van der Waals surface area contributed by atoms with Crippen LogP contribution < -0.4 is 10.5 Å². The summed E-state index contributed by atoms with van der Waals surface area (Å²) in [5.74, 6) is -0.257. The second-order valence-corrected chi connectivity index (χ2v) is 5.45. The number of rotatable bonds is 3. The highest BCUT2D eigenvalue weighted by Gasteiger charge is 2.36. The van der Waals surface area contributed by atoms with E-state index in [2.05, 4.69) is 0 Å². The third-order valence-corrected chi connectivity index (χ3v) is 3.98. The van der Waals surface area contributed by atoms with Crippen LogP contribution in [0.3, 0.4) is 0 Å². The van der Waals surface area contributed by atoms with Gasteiger partial charge in [0, 0.05) is 18.7 Å². The van der Waals surface area contributed by atoms with E-state index in [0.717, 1.165) is 0 Å². The smallest absolute Gasteiger partial charge is 0.254 e. The Balaban J connectivity index is 2.18. The molecule has 1 aromatic carbocycles. The van der Waals surface area contributed by atoms with Crippen LogP contribution in [-0.4, -0.2) is 36.9 Å². The molecule has 20 heavy (non-hydrogen) atoms. The Morgan fingerprint density at radius 2 is 2.10 bits per heavy atom. The van der Waals surface area contributed by atoms with E-state index < -0.39 is 0 Å². The number of likely N-dealkylation sites (tertiary alicyclic amines) is 1. The van der Waals surface area contributed by atoms with E-state index in [0.29, 0.717) is 29.4 Å². The topological polar surface area (TPSA) is 72.6 Å². The van der Waals surface area contributed by atoms with Crippen LogP contribution in [0.15, 0.2) is 18.2 Å². The van der Waals surface area contributed by atoms with Gasteiger partial charge in [0.1, 0.15) is 5.75 Å². The van der Waals surface area contributed by atoms with E-state index in [1.807, 2.05) is 6.92 Å². The number of hydrogen-bond acceptors (Lipinski definition) is 3. The van der Waals surface area contributed by atoms with Crippen molar-refractivity contribution in [2.45, 2.75) is 6.92 Å². The first-order valence-electron chi connectivity index (χ1n) is 6.36. The summed E-state index contributed by atoms with van der Waals surface area (Å²) >= 11 is 5.94. The average Bonchev–Trinajstić information content (AvgIpc) is 2.80. The molecule has 6 heteroatoms. The average molecular weight is 297 g/mol. The van der Waals surface area contributed by atoms with Crippen LogP contribution in [0.4, 0.5) is 0 Å². The predicted molar refractivity (Wildman–Crippen MR) is 75.8 cm³/mol. The largest absolute Gasteiger partial charge is 0.495 e. The van der Waals surface area contributed by atoms with E-state index in [9.17, 15) is 9.59 Å². The van der Waals surface area contributed by atoms with Crippen LogP contribution in [0, 0.1) is 11.8 Å². The molecule has 0 radical (unpaired) electrons. The number of primary amides is 1. The Labute approximate surface area is 122 Å². The van der Waals surface area contributed by atoms with Crippen molar-refractivity contribution in [3.05, 3.63) is 28.8 Å². The van der Waals surface area contributed by atoms with E-state index in [-0.39, 0.29) is 23.7 Å². The molecule has 0 spiro atoms. The molecule has 1 fully saturated rings. The predicted octanol–water partition coefficient (Wildman–Crippen LogP) is 1.54. The van der Waals surface area contributed by atoms with Crippen molar-refractivity contribution in [3.63, 3.8) is 0 Å². The zero-order valence-electron chi connectivity index (χ0n) is 11.4. The van der Waals surface area contributed by atoms with Crippen molar-refractivity contribution in [2.75, 3.05) is 20.2 Å². The Kier molecular flexibility index (Phi) is 4.18. The molecule has 2 amide bonds. The van der Waals surface area contributed by atoms with Crippen molar-refractivity contribution in [3.8, 4) is 5.75 Å². The number of halogens is 1. The fraction of sp³-hybridized carbons (Fsp3) is 0.429. The highest BCUT2D eigenvalue weighted by molar-refractivity contribution is 6.32. The van der Waals surface area contributed by atoms with Gasteiger partial charge < -0.3 is 15.4 Å². The van der Waals surface area contributed by atoms with Crippen molar-refractivity contribution in [1.29, 1.82) is 0 Å². The molecular formula is C14H17ClN2O3. The van der Waals surface area contributed by atoms with Gasteiger partial charge in [0.15, 0.2) is 0 Å². The van der Waals surface area contributed by atoms with E-state index in [1.165, 1.54) is 7.11 Å². The third kappa shape index (κ3) is 2.72. The van der Waals surface area contributed by atoms with Gasteiger partial charge in [0.25, 0.3) is 5.91 Å². The SMILES string of the molecule is COc1cc(C(=O)N2C[C@@H](C)[C@H](C(N)=O)C2)ccc1Cl. The maximum atomic E-state index is 12.4. The van der Waals surface area contributed by atoms with Gasteiger partial charge >= 0.3 is 0 Å². The quantitative estimate of drug-likeness (QED) is 0.919. The summed E-state index contributed by atoms with van der Waals surface area (Å²) in [4.78, 5) is 25.4. The molecule has 1 aliphatic rings. The molecule has 1 aliphatic heterocycles. The lowest BCUT2D eigenvalue weighted by atomic mass is 9.98. The van der Waals surface area contributed by atoms with E-state index >= 15 is 0 Å². The number of nitrogens with two attached hydrogens (primary N) is 1. The van der Waals surface area contributed by atoms with Gasteiger partial charge in [-0.1, -0.05) is 18.5 Å². The molecule has 108 valence electrons. The number of benzene rings is 1. The molecule has 1 saturated heterocycles. The molecule has 0 aliphatic carbocycles. The monoisotopic (exact) mass is 296 g/mol. The molecule has 0 unspecified atom stereocenters. The first-order valence-corrected chi connectivity index (χ1v) is 6.74. The van der Waals surface area contributed by atoms with E-state index in [4.69, 9.17) is 22.1 Å². The number of amides is 2. The van der Waals surface area contributed by atoms with Gasteiger partial charge in [0.2, 0.25) is 5.91 Å². The molecule has 2 N–H and O–H groups in total. The van der Waals surface area contributed by atoms with Crippen LogP contribution >= 0.6 is 11.6 Å². The van der Waals surface area contributed by atoms with Crippen molar-refractivity contribution in [2.24, 2.45) is 17.6 Å². The highest BCUT2D eigenvalue weighted by atomic mass is 35.5. The molecule has 5 nitrogen and oxygen atoms in total. The highest BCUT2D eigenvalue weighted by Crippen LogP contribution is 2.28. The number of carbonyl (C=O) groups excluding carboxylic acids is 2. The van der Waals surface area contributed by atoms with Gasteiger partial charge in [-0.25, -0.2) is 0 Å². The molecule has 1 heterocycles. The number of ether oxygens (including phenoxy) is 1. The molecule has 2 atom stereocenters. The third-order valence-electron chi connectivity index (χ3n) is 3.66. The Morgan fingerprint density at radius 3 is 2.65 bits per heavy atom. The second kappa shape index (κ2) is 5.71. The fourth-order valence-electron chi connectivity index (χ4n) is 2.48. The number of methoxy groups -OCH3 is 1. The normalized spacial score (nSPS) is 21.9. The summed E-state index contributed by atoms with van der Waals surface area (Å²) in [6, 6.07) is 4.88. The first-order chi connectivity index (χ1) is 9.43. The Bertz CT molecular complexity index is 547. The van der Waals surface area contributed by atoms with Gasteiger partial charge in [-0.2, -0.15) is 0 Å². The minimum absolute atomic E-state index is 0.0747. The van der Waals surface area contributed by atoms with Crippen LogP contribution in [0.25, 0.3) is 0 Å². The van der Waals surface area contributed by atoms with Crippen LogP contribution in [0.5, 0.6) is 5.75 Å². The van der Waals surface area contributed by atoms with Crippen LogP contribution in [-0.2, 0) is 4.79 Å². The summed E-state index contributed by atoms with van der Waals surface area (Å²) in [5, 5.41) is 0.453. The zero-order chi connectivity index (χ0) is 14.9.